The van der Waals surface area contributed by atoms with Gasteiger partial charge >= 0.3 is 0 Å². The van der Waals surface area contributed by atoms with Crippen LogP contribution in [-0.2, 0) is 11.2 Å². The molecule has 70 valence electrons. The highest BCUT2D eigenvalue weighted by Crippen LogP contribution is 2.19. The second-order valence-corrected chi connectivity index (χ2v) is 4.41. The average molecular weight is 260 g/mol. The predicted molar refractivity (Wildman–Crippen MR) is 58.9 cm³/mol. The van der Waals surface area contributed by atoms with Crippen LogP contribution in [0.4, 0.5) is 0 Å². The normalized spacial score (nSPS) is 9.62. The molecule has 0 spiro atoms. The fraction of sp³-hybridized carbons (Fsp3) is 0.222. The van der Waals surface area contributed by atoms with Gasteiger partial charge in [-0.25, -0.2) is 0 Å². The van der Waals surface area contributed by atoms with Crippen molar-refractivity contribution in [2.45, 2.75) is 6.42 Å². The molecule has 0 atom stereocenters. The van der Waals surface area contributed by atoms with Gasteiger partial charge in [-0.15, -0.1) is 17.9 Å². The monoisotopic (exact) mass is 259 g/mol. The van der Waals surface area contributed by atoms with Crippen LogP contribution in [-0.4, -0.2) is 12.5 Å². The predicted octanol–water partition coefficient (Wildman–Crippen LogP) is 2.36. The van der Waals surface area contributed by atoms with E-state index in [0.29, 0.717) is 13.0 Å². The third-order valence-electron chi connectivity index (χ3n) is 1.40. The van der Waals surface area contributed by atoms with Crippen LogP contribution in [0.1, 0.15) is 4.88 Å². The Balaban J connectivity index is 2.40. The highest BCUT2D eigenvalue weighted by atomic mass is 79.9. The third kappa shape index (κ3) is 3.74. The van der Waals surface area contributed by atoms with E-state index < -0.39 is 0 Å². The van der Waals surface area contributed by atoms with Crippen LogP contribution < -0.4 is 5.32 Å². The molecule has 1 rings (SSSR count). The lowest BCUT2D eigenvalue weighted by Crippen LogP contribution is -2.24. The van der Waals surface area contributed by atoms with Gasteiger partial charge in [-0.1, -0.05) is 6.08 Å². The van der Waals surface area contributed by atoms with E-state index in [0.717, 1.165) is 9.35 Å². The molecule has 0 aromatic carbocycles. The van der Waals surface area contributed by atoms with Gasteiger partial charge in [-0.2, -0.15) is 0 Å². The van der Waals surface area contributed by atoms with E-state index >= 15 is 0 Å². The summed E-state index contributed by atoms with van der Waals surface area (Å²) >= 11 is 4.92. The number of nitrogens with one attached hydrogen (secondary N) is 1. The maximum Gasteiger partial charge on any atom is 0.225 e. The molecule has 1 aromatic heterocycles. The van der Waals surface area contributed by atoms with E-state index in [1.807, 2.05) is 11.4 Å². The fourth-order valence-corrected chi connectivity index (χ4v) is 2.30. The van der Waals surface area contributed by atoms with E-state index in [9.17, 15) is 4.79 Å². The highest BCUT2D eigenvalue weighted by Gasteiger charge is 2.03. The Morgan fingerprint density at radius 3 is 3.08 bits per heavy atom. The number of hydrogen-bond donors (Lipinski definition) is 1. The standard InChI is InChI=1S/C9H10BrNOS/c1-2-3-11-9(12)5-8-4-7(10)6-13-8/h2,4,6H,1,3,5H2,(H,11,12). The lowest BCUT2D eigenvalue weighted by Gasteiger charge is -1.98. The number of carbonyl (C=O) groups is 1. The number of carbonyl (C=O) groups excluding carboxylic acids is 1. The van der Waals surface area contributed by atoms with E-state index in [1.165, 1.54) is 0 Å². The summed E-state index contributed by atoms with van der Waals surface area (Å²) in [5.74, 6) is 0.0363. The minimum absolute atomic E-state index is 0.0363. The molecule has 0 aliphatic carbocycles. The largest absolute Gasteiger partial charge is 0.352 e. The first-order valence-electron chi connectivity index (χ1n) is 3.83. The van der Waals surface area contributed by atoms with Crippen molar-refractivity contribution in [3.63, 3.8) is 0 Å². The van der Waals surface area contributed by atoms with Gasteiger partial charge in [-0.05, 0) is 22.0 Å². The minimum atomic E-state index is 0.0363. The summed E-state index contributed by atoms with van der Waals surface area (Å²) in [5, 5.41) is 4.69. The van der Waals surface area contributed by atoms with Crippen molar-refractivity contribution >= 4 is 33.2 Å². The molecule has 1 N–H and O–H groups in total. The van der Waals surface area contributed by atoms with Crippen LogP contribution in [0.3, 0.4) is 0 Å². The third-order valence-corrected chi connectivity index (χ3v) is 3.10. The lowest BCUT2D eigenvalue weighted by molar-refractivity contribution is -0.120. The van der Waals surface area contributed by atoms with Gasteiger partial charge in [0.1, 0.15) is 0 Å². The second-order valence-electron chi connectivity index (χ2n) is 2.50. The summed E-state index contributed by atoms with van der Waals surface area (Å²) in [6.45, 7) is 4.06. The van der Waals surface area contributed by atoms with Crippen molar-refractivity contribution in [3.8, 4) is 0 Å². The Hall–Kier alpha value is -0.610. The van der Waals surface area contributed by atoms with Crippen LogP contribution >= 0.6 is 27.3 Å². The SMILES string of the molecule is C=CCNC(=O)Cc1cc(Br)cs1. The van der Waals surface area contributed by atoms with Crippen molar-refractivity contribution in [1.29, 1.82) is 0 Å². The van der Waals surface area contributed by atoms with Gasteiger partial charge in [0.15, 0.2) is 0 Å². The van der Waals surface area contributed by atoms with Crippen LogP contribution in [0.2, 0.25) is 0 Å². The molecule has 1 aromatic rings. The summed E-state index contributed by atoms with van der Waals surface area (Å²) < 4.78 is 1.03. The maximum absolute atomic E-state index is 11.2. The molecule has 0 bridgehead atoms. The second kappa shape index (κ2) is 5.19. The van der Waals surface area contributed by atoms with E-state index in [4.69, 9.17) is 0 Å². The molecule has 4 heteroatoms. The van der Waals surface area contributed by atoms with Gasteiger partial charge < -0.3 is 5.32 Å². The first-order valence-corrected chi connectivity index (χ1v) is 5.50. The zero-order chi connectivity index (χ0) is 9.68. The summed E-state index contributed by atoms with van der Waals surface area (Å²) in [4.78, 5) is 12.3. The fourth-order valence-electron chi connectivity index (χ4n) is 0.853. The van der Waals surface area contributed by atoms with Gasteiger partial charge in [0.25, 0.3) is 0 Å². The molecule has 0 saturated carbocycles. The molecule has 13 heavy (non-hydrogen) atoms. The van der Waals surface area contributed by atoms with Crippen molar-refractivity contribution in [3.05, 3.63) is 33.5 Å². The van der Waals surface area contributed by atoms with Crippen molar-refractivity contribution in [1.82, 2.24) is 5.32 Å². The molecule has 0 fully saturated rings. The molecular formula is C9H10BrNOS. The zero-order valence-corrected chi connectivity index (χ0v) is 9.45. The summed E-state index contributed by atoms with van der Waals surface area (Å²) in [7, 11) is 0. The van der Waals surface area contributed by atoms with Crippen LogP contribution in [0.5, 0.6) is 0 Å². The van der Waals surface area contributed by atoms with Gasteiger partial charge in [-0.3, -0.25) is 4.79 Å². The molecule has 0 aliphatic rings. The first kappa shape index (κ1) is 10.5. The van der Waals surface area contributed by atoms with Crippen LogP contribution in [0.15, 0.2) is 28.6 Å². The van der Waals surface area contributed by atoms with Gasteiger partial charge in [0, 0.05) is 21.3 Å². The molecule has 2 nitrogen and oxygen atoms in total. The van der Waals surface area contributed by atoms with Crippen molar-refractivity contribution < 1.29 is 4.79 Å². The van der Waals surface area contributed by atoms with Crippen LogP contribution in [0.25, 0.3) is 0 Å². The summed E-state index contributed by atoms with van der Waals surface area (Å²) in [5.41, 5.74) is 0. The Morgan fingerprint density at radius 1 is 1.77 bits per heavy atom. The van der Waals surface area contributed by atoms with E-state index in [-0.39, 0.29) is 5.91 Å². The molecule has 1 heterocycles. The molecule has 0 aliphatic heterocycles. The first-order chi connectivity index (χ1) is 6.22. The zero-order valence-electron chi connectivity index (χ0n) is 7.05. The number of thiophene rings is 1. The van der Waals surface area contributed by atoms with Gasteiger partial charge in [0.2, 0.25) is 5.91 Å². The number of hydrogen-bond acceptors (Lipinski definition) is 2. The molecule has 0 unspecified atom stereocenters. The Kier molecular flexibility index (Phi) is 4.18. The molecule has 0 radical (unpaired) electrons. The van der Waals surface area contributed by atoms with Crippen molar-refractivity contribution in [2.75, 3.05) is 6.54 Å². The topological polar surface area (TPSA) is 29.1 Å². The smallest absolute Gasteiger partial charge is 0.225 e. The van der Waals surface area contributed by atoms with E-state index in [1.54, 1.807) is 17.4 Å². The maximum atomic E-state index is 11.2. The molecule has 0 saturated heterocycles. The average Bonchev–Trinajstić information content (AvgIpc) is 2.48. The number of halogens is 1. The minimum Gasteiger partial charge on any atom is -0.352 e. The number of amides is 1. The van der Waals surface area contributed by atoms with Gasteiger partial charge in [0.05, 0.1) is 6.42 Å². The Bertz CT molecular complexity index is 308. The quantitative estimate of drug-likeness (QED) is 0.827. The van der Waals surface area contributed by atoms with Crippen LogP contribution in [0, 0.1) is 0 Å². The molecule has 1 amide bonds. The number of rotatable bonds is 4. The van der Waals surface area contributed by atoms with Crippen molar-refractivity contribution in [2.24, 2.45) is 0 Å². The lowest BCUT2D eigenvalue weighted by atomic mass is 10.3. The Labute approximate surface area is 89.8 Å². The van der Waals surface area contributed by atoms with E-state index in [2.05, 4.69) is 27.8 Å². The molecular weight excluding hydrogens is 250 g/mol. The summed E-state index contributed by atoms with van der Waals surface area (Å²) in [6, 6.07) is 1.96. The Morgan fingerprint density at radius 2 is 2.54 bits per heavy atom. The summed E-state index contributed by atoms with van der Waals surface area (Å²) in [6.07, 6.45) is 2.12. The highest BCUT2D eigenvalue weighted by molar-refractivity contribution is 9.10.